The van der Waals surface area contributed by atoms with Crippen molar-refractivity contribution in [3.63, 3.8) is 0 Å². The molecule has 20 nitrogen and oxygen atoms in total. The van der Waals surface area contributed by atoms with Crippen molar-refractivity contribution in [2.75, 3.05) is 27.9 Å². The Kier molecular flexibility index (Phi) is 15.8. The zero-order valence-corrected chi connectivity index (χ0v) is 44.8. The van der Waals surface area contributed by atoms with Crippen LogP contribution in [0.4, 0.5) is 27.8 Å². The third-order valence-electron chi connectivity index (χ3n) is 12.3. The number of anilines is 4. The summed E-state index contributed by atoms with van der Waals surface area (Å²) in [5.74, 6) is -1.94. The summed E-state index contributed by atoms with van der Waals surface area (Å²) in [4.78, 5) is 98.1. The van der Waals surface area contributed by atoms with Crippen LogP contribution in [0.15, 0.2) is 158 Å². The van der Waals surface area contributed by atoms with Crippen LogP contribution in [0.1, 0.15) is 107 Å². The first-order valence-electron chi connectivity index (χ1n) is 24.6. The Hall–Kier alpha value is -9.93. The molecule has 9 N–H and O–H groups in total. The minimum Gasteiger partial charge on any atom is -0.448 e. The number of rotatable bonds is 15. The van der Waals surface area contributed by atoms with Gasteiger partial charge in [0.15, 0.2) is 5.82 Å². The Morgan fingerprint density at radius 3 is 1.53 bits per heavy atom. The molecule has 10 rings (SSSR count). The van der Waals surface area contributed by atoms with E-state index >= 15 is 0 Å². The molecule has 0 aliphatic heterocycles. The number of aromatic nitrogens is 6. The molecule has 22 heteroatoms. The lowest BCUT2D eigenvalue weighted by Gasteiger charge is -2.26. The Morgan fingerprint density at radius 1 is 0.544 bits per heavy atom. The van der Waals surface area contributed by atoms with Gasteiger partial charge in [-0.25, -0.2) is 4.79 Å². The highest BCUT2D eigenvalue weighted by atomic mass is 32.1. The molecule has 6 amide bonds. The zero-order valence-electron chi connectivity index (χ0n) is 43.1. The Morgan fingerprint density at radius 2 is 1.03 bits per heavy atom. The third kappa shape index (κ3) is 12.2. The number of amides is 6. The fourth-order valence-corrected chi connectivity index (χ4v) is 10.1. The molecule has 0 spiro atoms. The third-order valence-corrected chi connectivity index (χ3v) is 14.5. The highest BCUT2D eigenvalue weighted by molar-refractivity contribution is 7.21. The molecule has 6 aromatic heterocycles. The molecule has 10 aromatic rings. The number of para-hydroxylation sites is 2. The van der Waals surface area contributed by atoms with Crippen molar-refractivity contribution >= 4 is 108 Å². The van der Waals surface area contributed by atoms with Gasteiger partial charge >= 0.3 is 6.09 Å². The summed E-state index contributed by atoms with van der Waals surface area (Å²) < 4.78 is 6.17. The van der Waals surface area contributed by atoms with E-state index in [1.807, 2.05) is 88.4 Å². The number of fused-ring (bicyclic) bond motifs is 2. The first-order chi connectivity index (χ1) is 38.0. The van der Waals surface area contributed by atoms with Gasteiger partial charge in [0.2, 0.25) is 0 Å². The van der Waals surface area contributed by atoms with Gasteiger partial charge in [-0.05, 0) is 106 Å². The van der Waals surface area contributed by atoms with Gasteiger partial charge in [0.1, 0.15) is 26.9 Å². The van der Waals surface area contributed by atoms with Crippen LogP contribution in [0.25, 0.3) is 20.4 Å². The average Bonchev–Trinajstić information content (AvgIpc) is 4.35. The summed E-state index contributed by atoms with van der Waals surface area (Å²) in [6.07, 6.45) is 2.52. The molecule has 0 radical (unpaired) electrons. The number of carbonyl (C=O) groups is 7. The van der Waals surface area contributed by atoms with Crippen molar-refractivity contribution in [1.82, 2.24) is 40.6 Å². The number of carbonyl (C=O) groups excluding carboxylic acids is 7. The van der Waals surface area contributed by atoms with Gasteiger partial charge in [0.05, 0.1) is 60.7 Å². The van der Waals surface area contributed by atoms with E-state index in [2.05, 4.69) is 57.2 Å². The minimum atomic E-state index is -0.750. The molecule has 6 heterocycles. The second-order valence-electron chi connectivity index (χ2n) is 18.7. The van der Waals surface area contributed by atoms with Crippen LogP contribution in [0.2, 0.25) is 0 Å². The van der Waals surface area contributed by atoms with Crippen molar-refractivity contribution in [1.29, 1.82) is 0 Å². The molecule has 0 fully saturated rings. The van der Waals surface area contributed by atoms with Gasteiger partial charge < -0.3 is 46.6 Å². The monoisotopic (exact) mass is 1100 g/mol. The summed E-state index contributed by atoms with van der Waals surface area (Å²) in [6, 6.07) is 42.4. The Labute approximate surface area is 459 Å². The number of aromatic amines is 3. The van der Waals surface area contributed by atoms with Gasteiger partial charge in [0, 0.05) is 12.4 Å². The van der Waals surface area contributed by atoms with Gasteiger partial charge in [-0.15, -0.1) is 27.8 Å². The maximum absolute atomic E-state index is 13.4. The normalized spacial score (nSPS) is 11.3. The van der Waals surface area contributed by atoms with Crippen LogP contribution >= 0.6 is 22.7 Å². The van der Waals surface area contributed by atoms with Crippen LogP contribution in [0.5, 0.6) is 0 Å². The Balaban J connectivity index is 0.000000193. The zero-order chi connectivity index (χ0) is 55.8. The number of benzene rings is 4. The van der Waals surface area contributed by atoms with E-state index in [0.29, 0.717) is 53.1 Å². The first kappa shape index (κ1) is 53.9. The van der Waals surface area contributed by atoms with Crippen molar-refractivity contribution < 1.29 is 38.3 Å². The minimum absolute atomic E-state index is 0.0613. The number of H-pyrrole nitrogens is 3. The number of hydrogen-bond acceptors (Lipinski definition) is 12. The van der Waals surface area contributed by atoms with E-state index in [1.54, 1.807) is 104 Å². The smallest absolute Gasteiger partial charge is 0.436 e. The number of hydrogen-bond donors (Lipinski definition) is 9. The van der Waals surface area contributed by atoms with E-state index < -0.39 is 34.9 Å². The van der Waals surface area contributed by atoms with Crippen molar-refractivity contribution in [2.24, 2.45) is 0 Å². The van der Waals surface area contributed by atoms with E-state index in [1.165, 1.54) is 11.3 Å². The summed E-state index contributed by atoms with van der Waals surface area (Å²) in [7, 11) is 0. The standard InChI is InChI=1S/C30H28N6O5S.C27H24N6O3S/c1-4-41-29(40)36-28-20(17-23(42-28)27(39)34-30(2,3)18-11-6-5-7-12-18)24(35-36)33-25(37)19-13-8-9-14-21(19)32-26(38)22-15-10-16-31-22;1-27(2,16-9-4-3-5-10-16)31-25(36)21-15-18-22(32-33-26(18)37-21)30-23(34)17-11-6-7-12-19(17)29-24(35)20-13-8-14-28-20/h5-17,31H,4H2,1-3H3,(H,32,38)(H,34,39)(H,33,35,37);3-15,28H,1-2H3,(H,29,35)(H,31,36)(H2,30,32,33,34). The highest BCUT2D eigenvalue weighted by Gasteiger charge is 2.29. The molecule has 0 saturated heterocycles. The SMILES string of the molecule is CC(C)(NC(=O)c1cc2c(NC(=O)c3ccccc3NC(=O)c3ccc[nH]3)[nH]nc2s1)c1ccccc1.CCOC(=O)n1nc(NC(=O)c2ccccc2NC(=O)c2ccc[nH]2)c2cc(C(=O)NC(C)(C)c3ccccc3)sc21. The molecular weight excluding hydrogens is 1040 g/mol. The van der Waals surface area contributed by atoms with E-state index in [-0.39, 0.29) is 47.0 Å². The van der Waals surface area contributed by atoms with Crippen LogP contribution < -0.4 is 31.9 Å². The van der Waals surface area contributed by atoms with Gasteiger partial charge in [-0.1, -0.05) is 84.9 Å². The second-order valence-corrected chi connectivity index (χ2v) is 20.7. The summed E-state index contributed by atoms with van der Waals surface area (Å²) in [5, 5.41) is 29.5. The van der Waals surface area contributed by atoms with Crippen LogP contribution in [0.3, 0.4) is 0 Å². The lowest BCUT2D eigenvalue weighted by atomic mass is 9.94. The molecule has 0 aliphatic carbocycles. The fraction of sp³-hybridized carbons (Fsp3) is 0.140. The first-order valence-corrected chi connectivity index (χ1v) is 26.3. The predicted octanol–water partition coefficient (Wildman–Crippen LogP) is 10.7. The molecule has 0 aliphatic rings. The topological polar surface area (TPSA) is 279 Å². The molecule has 400 valence electrons. The van der Waals surface area contributed by atoms with E-state index in [9.17, 15) is 33.6 Å². The summed E-state index contributed by atoms with van der Waals surface area (Å²) in [5.41, 5.74) is 2.48. The highest BCUT2D eigenvalue weighted by Crippen LogP contribution is 2.34. The van der Waals surface area contributed by atoms with Gasteiger partial charge in [-0.2, -0.15) is 9.78 Å². The van der Waals surface area contributed by atoms with Crippen LogP contribution in [0, 0.1) is 0 Å². The molecule has 0 atom stereocenters. The largest absolute Gasteiger partial charge is 0.448 e. The quantitative estimate of drug-likeness (QED) is 0.0468. The number of nitrogens with zero attached hydrogens (tertiary/aromatic N) is 3. The summed E-state index contributed by atoms with van der Waals surface area (Å²) >= 11 is 2.28. The number of nitrogens with one attached hydrogen (secondary N) is 9. The molecule has 79 heavy (non-hydrogen) atoms. The van der Waals surface area contributed by atoms with Gasteiger partial charge in [-0.3, -0.25) is 33.9 Å². The lowest BCUT2D eigenvalue weighted by molar-refractivity contribution is 0.0907. The molecule has 0 saturated carbocycles. The van der Waals surface area contributed by atoms with Crippen LogP contribution in [-0.2, 0) is 15.8 Å². The maximum Gasteiger partial charge on any atom is 0.436 e. The molecule has 4 aromatic carbocycles. The molecule has 0 unspecified atom stereocenters. The van der Waals surface area contributed by atoms with Crippen molar-refractivity contribution in [2.45, 2.75) is 45.7 Å². The predicted molar refractivity (Wildman–Crippen MR) is 304 cm³/mol. The van der Waals surface area contributed by atoms with Gasteiger partial charge in [0.25, 0.3) is 35.4 Å². The molecular formula is C57H52N12O8S2. The maximum atomic E-state index is 13.4. The van der Waals surface area contributed by atoms with E-state index in [4.69, 9.17) is 4.74 Å². The second kappa shape index (κ2) is 23.1. The summed E-state index contributed by atoms with van der Waals surface area (Å²) in [6.45, 7) is 9.45. The van der Waals surface area contributed by atoms with Crippen LogP contribution in [-0.4, -0.2) is 78.1 Å². The fourth-order valence-electron chi connectivity index (χ4n) is 8.24. The van der Waals surface area contributed by atoms with E-state index in [0.717, 1.165) is 27.1 Å². The van der Waals surface area contributed by atoms with Crippen molar-refractivity contribution in [3.8, 4) is 0 Å². The Bertz CT molecular complexity index is 3860. The lowest BCUT2D eigenvalue weighted by Crippen LogP contribution is -2.40. The van der Waals surface area contributed by atoms with Crippen molar-refractivity contribution in [3.05, 3.63) is 201 Å². The number of thiophene rings is 2. The number of ether oxygens (including phenoxy) is 1. The average molecular weight is 1100 g/mol. The molecule has 0 bridgehead atoms.